The van der Waals surface area contributed by atoms with Crippen LogP contribution >= 0.6 is 0 Å². The van der Waals surface area contributed by atoms with E-state index in [1.807, 2.05) is 0 Å². The van der Waals surface area contributed by atoms with E-state index < -0.39 is 16.1 Å². The number of benzene rings is 23. The Morgan fingerprint density at radius 1 is 0.153 bits per heavy atom. The third-order valence-corrected chi connectivity index (χ3v) is 42.1. The summed E-state index contributed by atoms with van der Waals surface area (Å²) in [4.78, 5) is 0. The SMILES string of the molecule is c1ccc(-c2cc(-c3ccc([Si](c4ccccc4)(c4ccccc4)c4ccccc4)cc3)c3c4c2Oc2ccc(-n5c6ccccc6c6ccccc65)cc2B4c2cc(-n4c5ccccc5c5cc(-c6ccc([Si](c7ccccc7)(c7ccccc7)c7ccc(-c8ccc9c%10c8Oc8cc(-n%11c%12ccccc%12c%12ccccc%12%11)ccc8B%10c8ccc(-n%10c%11ccccc%11c%11ccccc%11%10)cc8O9)cc7)cc6)ccc54)ccc2O3)cc1. The minimum atomic E-state index is -3.16. The van der Waals surface area contributed by atoms with Crippen molar-refractivity contribution in [2.75, 3.05) is 0 Å². The molecule has 0 saturated carbocycles. The standard InChI is InChI=1S/C138H88B2N4O4Si2/c1-7-33-90(34-8-1)114-88-115(92-63-74-104(75-64-92)149(98-35-9-2-10-36-98,99-37-11-3-12-38-99)100-39-13-4-14-40-100)138-135-137(114)146-129-80-68-94(141-121-52-26-19-45-107(121)108-46-20-27-53-122(108)141)84-119(129)140(135)120-85-95(69-81-130(120)147-138)142-127-58-32-25-51-113(127)116-83-93(65-79-128(116)142)89-59-70-103(71-60-89)150(101-41-15-5-16-42-101,102-43-17-6-18-44-102)105-72-61-91(62-73-105)106-76-82-131-134-136(106)148-133-87-97(144-125-56-30-23-49-111(125)112-50-24-31-57-126(112)144)67-78-118(133)139(134)117-77-66-96(86-132(117)145-131)143-123-54-28-21-47-109(123)110-48-22-29-55-124(110)143/h1-88H. The van der Waals surface area contributed by atoms with Crippen molar-refractivity contribution >= 4 is 191 Å². The van der Waals surface area contributed by atoms with E-state index in [1.165, 1.54) is 73.8 Å². The van der Waals surface area contributed by atoms with Crippen molar-refractivity contribution in [1.82, 2.24) is 18.3 Å². The maximum atomic E-state index is 7.78. The average molecular weight is 1940 g/mol. The Labute approximate surface area is 868 Å². The first-order valence-electron chi connectivity index (χ1n) is 51.7. The fourth-order valence-electron chi connectivity index (χ4n) is 26.0. The van der Waals surface area contributed by atoms with Crippen molar-refractivity contribution in [3.05, 3.63) is 534 Å². The summed E-state index contributed by atoms with van der Waals surface area (Å²) in [6.45, 7) is -0.583. The van der Waals surface area contributed by atoms with Crippen LogP contribution in [0.2, 0.25) is 0 Å². The van der Waals surface area contributed by atoms with Crippen LogP contribution in [-0.4, -0.2) is 47.8 Å². The fraction of sp³-hybridized carbons (Fsp3) is 0. The quantitative estimate of drug-likeness (QED) is 0.0715. The van der Waals surface area contributed by atoms with Gasteiger partial charge in [0, 0.05) is 106 Å². The molecule has 698 valence electrons. The highest BCUT2D eigenvalue weighted by atomic mass is 28.3. The van der Waals surface area contributed by atoms with Crippen molar-refractivity contribution in [3.8, 4) is 113 Å². The largest absolute Gasteiger partial charge is 0.458 e. The monoisotopic (exact) mass is 1940 g/mol. The van der Waals surface area contributed by atoms with Crippen LogP contribution in [0.25, 0.3) is 154 Å². The fourth-order valence-corrected chi connectivity index (χ4v) is 35.5. The molecule has 23 aromatic carbocycles. The second-order valence-electron chi connectivity index (χ2n) is 40.2. The molecule has 0 amide bonds. The molecule has 8 nitrogen and oxygen atoms in total. The van der Waals surface area contributed by atoms with Gasteiger partial charge in [-0.25, -0.2) is 0 Å². The first kappa shape index (κ1) is 85.4. The Morgan fingerprint density at radius 3 is 0.800 bits per heavy atom. The summed E-state index contributed by atoms with van der Waals surface area (Å²) in [5.74, 6) is 6.36. The molecule has 0 radical (unpaired) electrons. The Bertz CT molecular complexity index is 9920. The summed E-state index contributed by atoms with van der Waals surface area (Å²) in [7, 11) is -6.07. The number of nitrogens with zero attached hydrogens (tertiary/aromatic N) is 4. The van der Waals surface area contributed by atoms with Gasteiger partial charge < -0.3 is 37.2 Å². The molecule has 0 fully saturated rings. The van der Waals surface area contributed by atoms with E-state index in [1.54, 1.807) is 0 Å². The lowest BCUT2D eigenvalue weighted by molar-refractivity contribution is 0.465. The molecule has 0 aliphatic carbocycles. The van der Waals surface area contributed by atoms with Crippen LogP contribution in [0, 0.1) is 0 Å². The summed E-state index contributed by atoms with van der Waals surface area (Å²) < 4.78 is 40.0. The molecule has 4 aliphatic rings. The second-order valence-corrected chi connectivity index (χ2v) is 47.8. The van der Waals surface area contributed by atoms with E-state index in [-0.39, 0.29) is 13.4 Å². The van der Waals surface area contributed by atoms with Crippen molar-refractivity contribution in [3.63, 3.8) is 0 Å². The van der Waals surface area contributed by atoms with Crippen LogP contribution in [-0.2, 0) is 0 Å². The van der Waals surface area contributed by atoms with E-state index in [4.69, 9.17) is 18.9 Å². The molecule has 0 N–H and O–H groups in total. The lowest BCUT2D eigenvalue weighted by Gasteiger charge is -2.36. The Hall–Kier alpha value is -19.0. The molecule has 0 saturated heterocycles. The maximum Gasteiger partial charge on any atom is 0.260 e. The molecule has 31 rings (SSSR count). The highest BCUT2D eigenvalue weighted by molar-refractivity contribution is 7.20. The number of hydrogen-bond donors (Lipinski definition) is 0. The number of hydrogen-bond acceptors (Lipinski definition) is 4. The Balaban J connectivity index is 0.527. The molecule has 8 heterocycles. The molecule has 0 spiro atoms. The van der Waals surface area contributed by atoms with Gasteiger partial charge in [0.25, 0.3) is 13.4 Å². The van der Waals surface area contributed by atoms with Gasteiger partial charge in [-0.2, -0.15) is 0 Å². The van der Waals surface area contributed by atoms with Gasteiger partial charge in [0.2, 0.25) is 0 Å². The zero-order valence-corrected chi connectivity index (χ0v) is 83.4. The summed E-state index contributed by atoms with van der Waals surface area (Å²) in [5, 5.41) is 19.9. The summed E-state index contributed by atoms with van der Waals surface area (Å²) in [6.07, 6.45) is 0. The van der Waals surface area contributed by atoms with Gasteiger partial charge in [-0.15, -0.1) is 0 Å². The average Bonchev–Trinajstić information content (AvgIpc) is 0.849. The zero-order valence-electron chi connectivity index (χ0n) is 81.4. The van der Waals surface area contributed by atoms with Gasteiger partial charge in [-0.05, 0) is 212 Å². The Kier molecular flexibility index (Phi) is 19.3. The van der Waals surface area contributed by atoms with Crippen molar-refractivity contribution in [2.24, 2.45) is 0 Å². The molecular formula is C138H88B2N4O4Si2. The number of ether oxygens (including phenoxy) is 4. The Morgan fingerprint density at radius 2 is 0.420 bits per heavy atom. The molecule has 4 aromatic heterocycles. The maximum absolute atomic E-state index is 7.78. The smallest absolute Gasteiger partial charge is 0.260 e. The van der Waals surface area contributed by atoms with Crippen molar-refractivity contribution < 1.29 is 18.9 Å². The van der Waals surface area contributed by atoms with Crippen LogP contribution in [0.3, 0.4) is 0 Å². The number of para-hydroxylation sites is 7. The number of rotatable bonds is 16. The molecule has 27 aromatic rings. The molecule has 4 aliphatic heterocycles. The number of fused-ring (bicyclic) bond motifs is 20. The van der Waals surface area contributed by atoms with Gasteiger partial charge in [0.15, 0.2) is 16.1 Å². The van der Waals surface area contributed by atoms with Crippen LogP contribution in [0.15, 0.2) is 534 Å². The summed E-state index contributed by atoms with van der Waals surface area (Å²) in [5.41, 5.74) is 27.8. The van der Waals surface area contributed by atoms with Crippen molar-refractivity contribution in [1.29, 1.82) is 0 Å². The normalized spacial score (nSPS) is 12.7. The predicted octanol–water partition coefficient (Wildman–Crippen LogP) is 25.0. The van der Waals surface area contributed by atoms with Crippen LogP contribution in [0.4, 0.5) is 0 Å². The van der Waals surface area contributed by atoms with Crippen LogP contribution in [0.5, 0.6) is 46.0 Å². The highest BCUT2D eigenvalue weighted by Crippen LogP contribution is 2.50. The van der Waals surface area contributed by atoms with E-state index in [0.717, 1.165) is 201 Å². The summed E-state index contributed by atoms with van der Waals surface area (Å²) >= 11 is 0. The summed E-state index contributed by atoms with van der Waals surface area (Å²) in [6, 6.07) is 198. The van der Waals surface area contributed by atoms with Gasteiger partial charge in [-0.1, -0.05) is 400 Å². The lowest BCUT2D eigenvalue weighted by atomic mass is 9.34. The highest BCUT2D eigenvalue weighted by Gasteiger charge is 2.48. The first-order chi connectivity index (χ1) is 74.4. The zero-order chi connectivity index (χ0) is 98.4. The molecule has 12 heteroatoms. The second kappa shape index (κ2) is 33.8. The number of aromatic nitrogens is 4. The first-order valence-corrected chi connectivity index (χ1v) is 55.7. The van der Waals surface area contributed by atoms with Crippen molar-refractivity contribution in [2.45, 2.75) is 0 Å². The van der Waals surface area contributed by atoms with Gasteiger partial charge >= 0.3 is 0 Å². The third kappa shape index (κ3) is 12.8. The molecule has 0 bridgehead atoms. The molecule has 0 unspecified atom stereocenters. The molecular weight excluding hydrogens is 1860 g/mol. The van der Waals surface area contributed by atoms with Gasteiger partial charge in [-0.3, -0.25) is 0 Å². The lowest BCUT2D eigenvalue weighted by Crippen LogP contribution is -2.74. The van der Waals surface area contributed by atoms with Gasteiger partial charge in [0.1, 0.15) is 46.0 Å². The minimum absolute atomic E-state index is 0.217. The molecule has 0 atom stereocenters. The molecule has 150 heavy (non-hydrogen) atoms. The third-order valence-electron chi connectivity index (χ3n) is 32.6. The van der Waals surface area contributed by atoms with E-state index in [9.17, 15) is 0 Å². The van der Waals surface area contributed by atoms with Crippen LogP contribution < -0.4 is 93.2 Å². The predicted molar refractivity (Wildman–Crippen MR) is 628 cm³/mol. The minimum Gasteiger partial charge on any atom is -0.458 e. The topological polar surface area (TPSA) is 56.6 Å². The van der Waals surface area contributed by atoms with E-state index in [0.29, 0.717) is 0 Å². The van der Waals surface area contributed by atoms with Gasteiger partial charge in [0.05, 0.1) is 44.1 Å². The van der Waals surface area contributed by atoms with E-state index in [2.05, 4.69) is 552 Å². The van der Waals surface area contributed by atoms with Crippen LogP contribution in [0.1, 0.15) is 0 Å². The van der Waals surface area contributed by atoms with E-state index >= 15 is 0 Å².